The van der Waals surface area contributed by atoms with E-state index in [1.165, 1.54) is 43.2 Å². The minimum absolute atomic E-state index is 0.240. The number of halogens is 1. The fourth-order valence-electron chi connectivity index (χ4n) is 3.44. The Balaban J connectivity index is 0.000000338. The molecule has 1 aromatic rings. The van der Waals surface area contributed by atoms with Crippen molar-refractivity contribution in [2.45, 2.75) is 44.1 Å². The molecule has 1 aliphatic carbocycles. The SMILES string of the molecule is CS(=O)(=O)O.Clc1ccc(C2=CCCNC23CCCCC3)cc1. The van der Waals surface area contributed by atoms with Gasteiger partial charge in [0.2, 0.25) is 0 Å². The van der Waals surface area contributed by atoms with Crippen LogP contribution in [-0.2, 0) is 10.1 Å². The molecule has 6 heteroatoms. The Bertz CT molecular complexity index is 639. The Morgan fingerprint density at radius 2 is 1.70 bits per heavy atom. The van der Waals surface area contributed by atoms with Crippen molar-refractivity contribution in [2.24, 2.45) is 0 Å². The average Bonchev–Trinajstić information content (AvgIpc) is 2.48. The lowest BCUT2D eigenvalue weighted by Crippen LogP contribution is -2.49. The first-order valence-corrected chi connectivity index (χ1v) is 10.2. The van der Waals surface area contributed by atoms with Crippen molar-refractivity contribution in [1.29, 1.82) is 0 Å². The van der Waals surface area contributed by atoms with Crippen LogP contribution in [-0.4, -0.2) is 31.3 Å². The molecule has 1 spiro atoms. The summed E-state index contributed by atoms with van der Waals surface area (Å²) >= 11 is 5.99. The first kappa shape index (κ1) is 18.5. The predicted molar refractivity (Wildman–Crippen MR) is 95.3 cm³/mol. The summed E-state index contributed by atoms with van der Waals surface area (Å²) in [6, 6.07) is 8.33. The second-order valence-electron chi connectivity index (χ2n) is 6.22. The van der Waals surface area contributed by atoms with Gasteiger partial charge in [0.25, 0.3) is 10.1 Å². The van der Waals surface area contributed by atoms with Gasteiger partial charge in [-0.15, -0.1) is 0 Å². The topological polar surface area (TPSA) is 66.4 Å². The maximum absolute atomic E-state index is 9.19. The van der Waals surface area contributed by atoms with E-state index in [1.54, 1.807) is 0 Å². The summed E-state index contributed by atoms with van der Waals surface area (Å²) in [5.74, 6) is 0. The van der Waals surface area contributed by atoms with E-state index in [-0.39, 0.29) is 5.54 Å². The van der Waals surface area contributed by atoms with E-state index in [0.29, 0.717) is 6.26 Å². The molecule has 128 valence electrons. The summed E-state index contributed by atoms with van der Waals surface area (Å²) in [7, 11) is -3.67. The second-order valence-corrected chi connectivity index (χ2v) is 8.12. The largest absolute Gasteiger partial charge is 0.307 e. The molecule has 1 aliphatic heterocycles. The quantitative estimate of drug-likeness (QED) is 0.747. The van der Waals surface area contributed by atoms with Crippen molar-refractivity contribution in [1.82, 2.24) is 5.32 Å². The molecule has 1 heterocycles. The Morgan fingerprint density at radius 1 is 1.13 bits per heavy atom. The molecular weight excluding hydrogens is 334 g/mol. The zero-order chi connectivity index (χ0) is 16.9. The standard InChI is InChI=1S/C16H20ClN.CH4O3S/c17-14-8-6-13(7-9-14)15-5-4-12-18-16(15)10-2-1-3-11-16;1-5(2,3)4/h5-9,18H,1-4,10-12H2;1H3,(H,2,3,4). The lowest BCUT2D eigenvalue weighted by atomic mass is 9.72. The van der Waals surface area contributed by atoms with Crippen LogP contribution in [0.25, 0.3) is 5.57 Å². The van der Waals surface area contributed by atoms with Crippen LogP contribution in [0.5, 0.6) is 0 Å². The number of benzene rings is 1. The highest BCUT2D eigenvalue weighted by Gasteiger charge is 2.37. The molecule has 1 fully saturated rings. The van der Waals surface area contributed by atoms with Gasteiger partial charge in [0, 0.05) is 10.6 Å². The molecule has 2 N–H and O–H groups in total. The third-order valence-corrected chi connectivity index (χ3v) is 4.59. The molecule has 0 aromatic heterocycles. The Hall–Kier alpha value is -0.880. The average molecular weight is 358 g/mol. The maximum atomic E-state index is 9.19. The van der Waals surface area contributed by atoms with Crippen LogP contribution in [0, 0.1) is 0 Å². The molecule has 0 radical (unpaired) electrons. The molecule has 3 rings (SSSR count). The zero-order valence-corrected chi connectivity index (χ0v) is 15.0. The van der Waals surface area contributed by atoms with Crippen LogP contribution in [0.4, 0.5) is 0 Å². The molecule has 0 atom stereocenters. The fourth-order valence-corrected chi connectivity index (χ4v) is 3.57. The van der Waals surface area contributed by atoms with Crippen LogP contribution in [0.2, 0.25) is 5.02 Å². The van der Waals surface area contributed by atoms with Crippen molar-refractivity contribution in [3.63, 3.8) is 0 Å². The number of rotatable bonds is 1. The van der Waals surface area contributed by atoms with Crippen LogP contribution < -0.4 is 5.32 Å². The summed E-state index contributed by atoms with van der Waals surface area (Å²) in [5, 5.41) is 4.62. The molecule has 0 unspecified atom stereocenters. The molecule has 0 amide bonds. The molecule has 1 saturated carbocycles. The predicted octanol–water partition coefficient (Wildman–Crippen LogP) is 3.92. The molecule has 0 saturated heterocycles. The van der Waals surface area contributed by atoms with E-state index in [1.807, 2.05) is 12.1 Å². The van der Waals surface area contributed by atoms with Gasteiger partial charge in [0.15, 0.2) is 0 Å². The molecule has 4 nitrogen and oxygen atoms in total. The number of hydrogen-bond donors (Lipinski definition) is 2. The highest BCUT2D eigenvalue weighted by atomic mass is 35.5. The monoisotopic (exact) mass is 357 g/mol. The Kier molecular flexibility index (Phi) is 6.26. The van der Waals surface area contributed by atoms with Crippen LogP contribution in [0.1, 0.15) is 44.1 Å². The van der Waals surface area contributed by atoms with E-state index in [4.69, 9.17) is 16.2 Å². The van der Waals surface area contributed by atoms with Gasteiger partial charge in [-0.05, 0) is 49.1 Å². The third kappa shape index (κ3) is 5.60. The number of nitrogens with one attached hydrogen (secondary N) is 1. The van der Waals surface area contributed by atoms with E-state index in [0.717, 1.165) is 18.0 Å². The first-order valence-electron chi connectivity index (χ1n) is 7.94. The van der Waals surface area contributed by atoms with Gasteiger partial charge in [0.1, 0.15) is 0 Å². The minimum Gasteiger partial charge on any atom is -0.307 e. The first-order chi connectivity index (χ1) is 10.8. The summed E-state index contributed by atoms with van der Waals surface area (Å²) in [4.78, 5) is 0. The highest BCUT2D eigenvalue weighted by molar-refractivity contribution is 7.85. The summed E-state index contributed by atoms with van der Waals surface area (Å²) in [6.45, 7) is 1.12. The van der Waals surface area contributed by atoms with E-state index in [9.17, 15) is 8.42 Å². The zero-order valence-electron chi connectivity index (χ0n) is 13.4. The maximum Gasteiger partial charge on any atom is 0.261 e. The van der Waals surface area contributed by atoms with Crippen molar-refractivity contribution < 1.29 is 13.0 Å². The highest BCUT2D eigenvalue weighted by Crippen LogP contribution is 2.41. The number of hydrogen-bond acceptors (Lipinski definition) is 3. The van der Waals surface area contributed by atoms with Gasteiger partial charge in [-0.2, -0.15) is 8.42 Å². The summed E-state index contributed by atoms with van der Waals surface area (Å²) < 4.78 is 25.9. The lowest BCUT2D eigenvalue weighted by Gasteiger charge is -2.43. The van der Waals surface area contributed by atoms with Gasteiger partial charge >= 0.3 is 0 Å². The normalized spacial score (nSPS) is 20.4. The molecule has 23 heavy (non-hydrogen) atoms. The van der Waals surface area contributed by atoms with E-state index < -0.39 is 10.1 Å². The smallest absolute Gasteiger partial charge is 0.261 e. The molecule has 0 bridgehead atoms. The van der Waals surface area contributed by atoms with Gasteiger partial charge < -0.3 is 5.32 Å². The fraction of sp³-hybridized carbons (Fsp3) is 0.529. The summed E-state index contributed by atoms with van der Waals surface area (Å²) in [6.07, 6.45) is 10.9. The van der Waals surface area contributed by atoms with Crippen molar-refractivity contribution >= 4 is 27.3 Å². The van der Waals surface area contributed by atoms with Gasteiger partial charge in [0.05, 0.1) is 6.26 Å². The Morgan fingerprint density at radius 3 is 2.26 bits per heavy atom. The molecular formula is C17H24ClNO3S. The van der Waals surface area contributed by atoms with Crippen molar-refractivity contribution in [2.75, 3.05) is 12.8 Å². The van der Waals surface area contributed by atoms with Gasteiger partial charge in [-0.25, -0.2) is 0 Å². The van der Waals surface area contributed by atoms with Crippen LogP contribution >= 0.6 is 11.6 Å². The van der Waals surface area contributed by atoms with E-state index >= 15 is 0 Å². The lowest BCUT2D eigenvalue weighted by molar-refractivity contribution is 0.295. The second kappa shape index (κ2) is 7.79. The summed E-state index contributed by atoms with van der Waals surface area (Å²) in [5.41, 5.74) is 3.09. The third-order valence-electron chi connectivity index (χ3n) is 4.33. The minimum atomic E-state index is -3.67. The molecule has 2 aliphatic rings. The van der Waals surface area contributed by atoms with Crippen LogP contribution in [0.3, 0.4) is 0 Å². The van der Waals surface area contributed by atoms with Gasteiger partial charge in [-0.1, -0.05) is 49.1 Å². The van der Waals surface area contributed by atoms with E-state index in [2.05, 4.69) is 23.5 Å². The van der Waals surface area contributed by atoms with Crippen molar-refractivity contribution in [3.8, 4) is 0 Å². The van der Waals surface area contributed by atoms with Gasteiger partial charge in [-0.3, -0.25) is 4.55 Å². The Labute approximate surface area is 143 Å². The molecule has 1 aromatic carbocycles. The van der Waals surface area contributed by atoms with Crippen LogP contribution in [0.15, 0.2) is 30.3 Å². The van der Waals surface area contributed by atoms with Crippen molar-refractivity contribution in [3.05, 3.63) is 40.9 Å².